The molecule has 0 unspecified atom stereocenters. The van der Waals surface area contributed by atoms with E-state index in [1.165, 1.54) is 12.8 Å². The van der Waals surface area contributed by atoms with E-state index in [9.17, 15) is 0 Å². The summed E-state index contributed by atoms with van der Waals surface area (Å²) in [5, 5.41) is 3.38. The highest BCUT2D eigenvalue weighted by Gasteiger charge is 2.19. The van der Waals surface area contributed by atoms with Gasteiger partial charge in [0.15, 0.2) is 0 Å². The summed E-state index contributed by atoms with van der Waals surface area (Å²) in [6.45, 7) is 3.00. The van der Waals surface area contributed by atoms with Gasteiger partial charge in [-0.3, -0.25) is 9.88 Å². The normalized spacial score (nSPS) is 17.4. The lowest BCUT2D eigenvalue weighted by Crippen LogP contribution is -2.40. The third-order valence-corrected chi connectivity index (χ3v) is 3.26. The van der Waals surface area contributed by atoms with Crippen molar-refractivity contribution in [3.8, 4) is 5.88 Å². The maximum absolute atomic E-state index is 5.22. The van der Waals surface area contributed by atoms with Crippen LogP contribution < -0.4 is 10.1 Å². The minimum Gasteiger partial charge on any atom is -0.480 e. The lowest BCUT2D eigenvalue weighted by atomic mass is 10.1. The maximum Gasteiger partial charge on any atom is 0.236 e. The van der Waals surface area contributed by atoms with Gasteiger partial charge in [-0.05, 0) is 33.0 Å². The second kappa shape index (κ2) is 5.93. The van der Waals surface area contributed by atoms with Crippen molar-refractivity contribution in [3.05, 3.63) is 18.1 Å². The number of nitrogens with zero attached hydrogens (tertiary/aromatic N) is 3. The van der Waals surface area contributed by atoms with E-state index in [0.29, 0.717) is 11.9 Å². The van der Waals surface area contributed by atoms with E-state index in [-0.39, 0.29) is 0 Å². The smallest absolute Gasteiger partial charge is 0.236 e. The van der Waals surface area contributed by atoms with Crippen LogP contribution in [0, 0.1) is 0 Å². The molecule has 1 aliphatic rings. The topological polar surface area (TPSA) is 50.3 Å². The molecule has 0 bridgehead atoms. The molecule has 0 aromatic carbocycles. The van der Waals surface area contributed by atoms with Crippen molar-refractivity contribution < 1.29 is 4.74 Å². The van der Waals surface area contributed by atoms with Crippen LogP contribution in [-0.2, 0) is 6.54 Å². The van der Waals surface area contributed by atoms with E-state index >= 15 is 0 Å². The molecular weight excluding hydrogens is 216 g/mol. The number of hydrogen-bond acceptors (Lipinski definition) is 5. The molecule has 94 valence electrons. The Bertz CT molecular complexity index is 352. The van der Waals surface area contributed by atoms with Gasteiger partial charge in [-0.1, -0.05) is 0 Å². The standard InChI is InChI=1S/C12H20N4O/c1-16(10-3-5-13-6-4-10)9-11-12(17-2)15-8-7-14-11/h7-8,10,13H,3-6,9H2,1-2H3. The molecule has 0 atom stereocenters. The van der Waals surface area contributed by atoms with Crippen molar-refractivity contribution in [3.63, 3.8) is 0 Å². The zero-order valence-electron chi connectivity index (χ0n) is 10.5. The molecule has 5 nitrogen and oxygen atoms in total. The third kappa shape index (κ3) is 3.14. The lowest BCUT2D eigenvalue weighted by Gasteiger charge is -2.31. The van der Waals surface area contributed by atoms with Gasteiger partial charge in [0.25, 0.3) is 0 Å². The minimum atomic E-state index is 0.628. The van der Waals surface area contributed by atoms with Crippen molar-refractivity contribution in [2.24, 2.45) is 0 Å². The van der Waals surface area contributed by atoms with E-state index in [0.717, 1.165) is 25.3 Å². The van der Waals surface area contributed by atoms with Gasteiger partial charge in [-0.2, -0.15) is 0 Å². The van der Waals surface area contributed by atoms with Crippen molar-refractivity contribution in [1.29, 1.82) is 0 Å². The van der Waals surface area contributed by atoms with Crippen molar-refractivity contribution in [1.82, 2.24) is 20.2 Å². The van der Waals surface area contributed by atoms with Crippen LogP contribution in [0.5, 0.6) is 5.88 Å². The highest BCUT2D eigenvalue weighted by molar-refractivity contribution is 5.16. The molecule has 0 aliphatic carbocycles. The molecule has 1 fully saturated rings. The van der Waals surface area contributed by atoms with Gasteiger partial charge in [0.05, 0.1) is 7.11 Å². The molecule has 0 saturated carbocycles. The molecular formula is C12H20N4O. The summed E-state index contributed by atoms with van der Waals surface area (Å²) >= 11 is 0. The van der Waals surface area contributed by atoms with Crippen LogP contribution >= 0.6 is 0 Å². The largest absolute Gasteiger partial charge is 0.480 e. The Kier molecular flexibility index (Phi) is 4.28. The van der Waals surface area contributed by atoms with E-state index < -0.39 is 0 Å². The summed E-state index contributed by atoms with van der Waals surface area (Å²) in [7, 11) is 3.78. The lowest BCUT2D eigenvalue weighted by molar-refractivity contribution is 0.187. The maximum atomic E-state index is 5.22. The third-order valence-electron chi connectivity index (χ3n) is 3.26. The van der Waals surface area contributed by atoms with Gasteiger partial charge < -0.3 is 10.1 Å². The highest BCUT2D eigenvalue weighted by Crippen LogP contribution is 2.17. The molecule has 0 radical (unpaired) electrons. The summed E-state index contributed by atoms with van der Waals surface area (Å²) < 4.78 is 5.22. The van der Waals surface area contributed by atoms with Gasteiger partial charge in [0, 0.05) is 25.0 Å². The van der Waals surface area contributed by atoms with Crippen LogP contribution in [0.4, 0.5) is 0 Å². The number of hydrogen-bond donors (Lipinski definition) is 1. The molecule has 1 N–H and O–H groups in total. The van der Waals surface area contributed by atoms with Crippen LogP contribution in [0.15, 0.2) is 12.4 Å². The van der Waals surface area contributed by atoms with Gasteiger partial charge in [-0.15, -0.1) is 0 Å². The summed E-state index contributed by atoms with van der Waals surface area (Å²) in [5.41, 5.74) is 0.913. The van der Waals surface area contributed by atoms with Gasteiger partial charge in [0.2, 0.25) is 5.88 Å². The summed E-state index contributed by atoms with van der Waals surface area (Å²) in [4.78, 5) is 10.9. The molecule has 1 aliphatic heterocycles. The monoisotopic (exact) mass is 236 g/mol. The van der Waals surface area contributed by atoms with Gasteiger partial charge in [-0.25, -0.2) is 4.98 Å². The Labute approximate surface area is 102 Å². The summed E-state index contributed by atoms with van der Waals surface area (Å²) in [6, 6.07) is 0.628. The first-order valence-corrected chi connectivity index (χ1v) is 6.06. The van der Waals surface area contributed by atoms with Crippen LogP contribution in [0.25, 0.3) is 0 Å². The number of ether oxygens (including phenoxy) is 1. The fourth-order valence-corrected chi connectivity index (χ4v) is 2.25. The Morgan fingerprint density at radius 2 is 2.06 bits per heavy atom. The van der Waals surface area contributed by atoms with Crippen LogP contribution in [0.1, 0.15) is 18.5 Å². The highest BCUT2D eigenvalue weighted by atomic mass is 16.5. The van der Waals surface area contributed by atoms with Crippen molar-refractivity contribution >= 4 is 0 Å². The summed E-state index contributed by atoms with van der Waals surface area (Å²) in [5.74, 6) is 0.633. The van der Waals surface area contributed by atoms with Crippen molar-refractivity contribution in [2.45, 2.75) is 25.4 Å². The van der Waals surface area contributed by atoms with E-state index in [2.05, 4.69) is 27.2 Å². The predicted molar refractivity (Wildman–Crippen MR) is 65.9 cm³/mol. The predicted octanol–water partition coefficient (Wildman–Crippen LogP) is 0.669. The fourth-order valence-electron chi connectivity index (χ4n) is 2.25. The second-order valence-electron chi connectivity index (χ2n) is 4.41. The molecule has 1 aromatic heterocycles. The summed E-state index contributed by atoms with van der Waals surface area (Å²) in [6.07, 6.45) is 5.76. The van der Waals surface area contributed by atoms with E-state index in [4.69, 9.17) is 4.74 Å². The molecule has 0 amide bonds. The SMILES string of the molecule is COc1nccnc1CN(C)C1CCNCC1. The fraction of sp³-hybridized carbons (Fsp3) is 0.667. The molecule has 0 spiro atoms. The first-order chi connectivity index (χ1) is 8.31. The van der Waals surface area contributed by atoms with Crippen LogP contribution in [0.3, 0.4) is 0 Å². The molecule has 5 heteroatoms. The Morgan fingerprint density at radius 3 is 2.76 bits per heavy atom. The minimum absolute atomic E-state index is 0.628. The van der Waals surface area contributed by atoms with Crippen LogP contribution in [-0.4, -0.2) is 48.2 Å². The number of rotatable bonds is 4. The van der Waals surface area contributed by atoms with E-state index in [1.54, 1.807) is 19.5 Å². The number of methoxy groups -OCH3 is 1. The number of aromatic nitrogens is 2. The molecule has 2 heterocycles. The Balaban J connectivity index is 1.99. The first kappa shape index (κ1) is 12.3. The zero-order chi connectivity index (χ0) is 12.1. The average molecular weight is 236 g/mol. The van der Waals surface area contributed by atoms with Crippen molar-refractivity contribution in [2.75, 3.05) is 27.2 Å². The van der Waals surface area contributed by atoms with Gasteiger partial charge >= 0.3 is 0 Å². The average Bonchev–Trinajstić information content (AvgIpc) is 2.40. The van der Waals surface area contributed by atoms with Gasteiger partial charge in [0.1, 0.15) is 5.69 Å². The van der Waals surface area contributed by atoms with Crippen LogP contribution in [0.2, 0.25) is 0 Å². The zero-order valence-corrected chi connectivity index (χ0v) is 10.5. The molecule has 1 aromatic rings. The second-order valence-corrected chi connectivity index (χ2v) is 4.41. The number of piperidine rings is 1. The Hall–Kier alpha value is -1.20. The van der Waals surface area contributed by atoms with E-state index in [1.807, 2.05) is 0 Å². The molecule has 17 heavy (non-hydrogen) atoms. The first-order valence-electron chi connectivity index (χ1n) is 6.06. The molecule has 2 rings (SSSR count). The molecule has 1 saturated heterocycles. The quantitative estimate of drug-likeness (QED) is 0.832. The Morgan fingerprint density at radius 1 is 1.35 bits per heavy atom. The number of nitrogens with one attached hydrogen (secondary N) is 1.